The number of hydrogen-bond donors (Lipinski definition) is 1. The largest absolute Gasteiger partial charge is 0.350 e. The Hall–Kier alpha value is -2.58. The number of likely N-dealkylation sites (tertiary alicyclic amines) is 1. The Morgan fingerprint density at radius 1 is 1.21 bits per heavy atom. The van der Waals surface area contributed by atoms with Gasteiger partial charge in [-0.3, -0.25) is 13.9 Å². The average Bonchev–Trinajstić information content (AvgIpc) is 3.13. The highest BCUT2D eigenvalue weighted by atomic mass is 35.5. The van der Waals surface area contributed by atoms with E-state index in [0.29, 0.717) is 31.7 Å². The lowest BCUT2D eigenvalue weighted by atomic mass is 10.2. The highest BCUT2D eigenvalue weighted by Gasteiger charge is 2.23. The molecular formula is C20H22ClN3O4S. The van der Waals surface area contributed by atoms with E-state index in [1.807, 2.05) is 0 Å². The minimum absolute atomic E-state index is 0.0898. The molecule has 0 saturated carbocycles. The molecule has 1 N–H and O–H groups in total. The van der Waals surface area contributed by atoms with Crippen LogP contribution in [0.25, 0.3) is 0 Å². The van der Waals surface area contributed by atoms with Crippen molar-refractivity contribution >= 4 is 39.1 Å². The predicted octanol–water partition coefficient (Wildman–Crippen LogP) is 2.52. The second-order valence-electron chi connectivity index (χ2n) is 6.69. The maximum Gasteiger partial charge on any atom is 0.264 e. The van der Waals surface area contributed by atoms with Crippen LogP contribution in [-0.4, -0.2) is 51.8 Å². The van der Waals surface area contributed by atoms with E-state index in [0.717, 1.165) is 10.7 Å². The molecule has 0 spiro atoms. The second kappa shape index (κ2) is 8.84. The van der Waals surface area contributed by atoms with Gasteiger partial charge in [0.05, 0.1) is 21.2 Å². The van der Waals surface area contributed by atoms with Crippen LogP contribution >= 0.6 is 11.6 Å². The van der Waals surface area contributed by atoms with Gasteiger partial charge >= 0.3 is 0 Å². The zero-order chi connectivity index (χ0) is 21.0. The first kappa shape index (κ1) is 21.1. The van der Waals surface area contributed by atoms with E-state index in [1.54, 1.807) is 29.2 Å². The SMILES string of the molecule is CN(c1ccc(Cl)c(C(=O)NCCN2CCCC2=O)c1)S(=O)(=O)c1ccccc1. The number of anilines is 1. The zero-order valence-corrected chi connectivity index (χ0v) is 17.5. The van der Waals surface area contributed by atoms with Crippen LogP contribution in [0.4, 0.5) is 5.69 Å². The number of carbonyl (C=O) groups excluding carboxylic acids is 2. The monoisotopic (exact) mass is 435 g/mol. The topological polar surface area (TPSA) is 86.8 Å². The number of nitrogens with one attached hydrogen (secondary N) is 1. The molecule has 2 aromatic carbocycles. The van der Waals surface area contributed by atoms with Gasteiger partial charge in [0.1, 0.15) is 0 Å². The molecule has 0 aromatic heterocycles. The Labute approximate surface area is 175 Å². The molecule has 0 bridgehead atoms. The molecule has 29 heavy (non-hydrogen) atoms. The number of halogens is 1. The first-order valence-corrected chi connectivity index (χ1v) is 11.0. The summed E-state index contributed by atoms with van der Waals surface area (Å²) in [5.74, 6) is -0.332. The van der Waals surface area contributed by atoms with Crippen LogP contribution in [0.1, 0.15) is 23.2 Å². The molecular weight excluding hydrogens is 414 g/mol. The third-order valence-electron chi connectivity index (χ3n) is 4.80. The highest BCUT2D eigenvalue weighted by Crippen LogP contribution is 2.26. The third kappa shape index (κ3) is 4.71. The van der Waals surface area contributed by atoms with Crippen molar-refractivity contribution in [2.45, 2.75) is 17.7 Å². The quantitative estimate of drug-likeness (QED) is 0.724. The van der Waals surface area contributed by atoms with E-state index in [-0.39, 0.29) is 21.4 Å². The fraction of sp³-hybridized carbons (Fsp3) is 0.300. The molecule has 2 amide bonds. The molecule has 1 aliphatic heterocycles. The van der Waals surface area contributed by atoms with Crippen molar-refractivity contribution in [3.8, 4) is 0 Å². The van der Waals surface area contributed by atoms with Crippen molar-refractivity contribution in [1.82, 2.24) is 10.2 Å². The summed E-state index contributed by atoms with van der Waals surface area (Å²) in [7, 11) is -2.34. The third-order valence-corrected chi connectivity index (χ3v) is 6.93. The summed E-state index contributed by atoms with van der Waals surface area (Å²) < 4.78 is 26.7. The molecule has 0 radical (unpaired) electrons. The Kier molecular flexibility index (Phi) is 6.44. The molecule has 9 heteroatoms. The normalized spacial score (nSPS) is 14.1. The molecule has 1 heterocycles. The van der Waals surface area contributed by atoms with Crippen LogP contribution < -0.4 is 9.62 Å². The maximum absolute atomic E-state index is 12.8. The summed E-state index contributed by atoms with van der Waals surface area (Å²) in [6, 6.07) is 12.5. The smallest absolute Gasteiger partial charge is 0.264 e. The van der Waals surface area contributed by atoms with E-state index >= 15 is 0 Å². The predicted molar refractivity (Wildman–Crippen MR) is 112 cm³/mol. The van der Waals surface area contributed by atoms with Gasteiger partial charge < -0.3 is 10.2 Å². The fourth-order valence-corrected chi connectivity index (χ4v) is 4.52. The van der Waals surface area contributed by atoms with Gasteiger partial charge in [-0.2, -0.15) is 0 Å². The molecule has 1 saturated heterocycles. The fourth-order valence-electron chi connectivity index (χ4n) is 3.11. The molecule has 1 fully saturated rings. The number of nitrogens with zero attached hydrogens (tertiary/aromatic N) is 2. The highest BCUT2D eigenvalue weighted by molar-refractivity contribution is 7.92. The molecule has 0 unspecified atom stereocenters. The minimum Gasteiger partial charge on any atom is -0.350 e. The first-order chi connectivity index (χ1) is 13.8. The minimum atomic E-state index is -3.77. The van der Waals surface area contributed by atoms with E-state index in [2.05, 4.69) is 5.32 Å². The van der Waals surface area contributed by atoms with Gasteiger partial charge in [-0.1, -0.05) is 29.8 Å². The van der Waals surface area contributed by atoms with Crippen molar-refractivity contribution in [3.63, 3.8) is 0 Å². The molecule has 0 aliphatic carbocycles. The zero-order valence-electron chi connectivity index (χ0n) is 16.0. The molecule has 154 valence electrons. The van der Waals surface area contributed by atoms with Crippen LogP contribution in [0.5, 0.6) is 0 Å². The molecule has 0 atom stereocenters. The van der Waals surface area contributed by atoms with Crippen molar-refractivity contribution in [2.24, 2.45) is 0 Å². The lowest BCUT2D eigenvalue weighted by Crippen LogP contribution is -2.35. The number of benzene rings is 2. The number of rotatable bonds is 7. The van der Waals surface area contributed by atoms with Crippen LogP contribution in [0.15, 0.2) is 53.4 Å². The Morgan fingerprint density at radius 3 is 2.59 bits per heavy atom. The van der Waals surface area contributed by atoms with E-state index in [1.165, 1.54) is 31.3 Å². The van der Waals surface area contributed by atoms with Crippen molar-refractivity contribution in [1.29, 1.82) is 0 Å². The summed E-state index contributed by atoms with van der Waals surface area (Å²) in [6.45, 7) is 1.43. The second-order valence-corrected chi connectivity index (χ2v) is 9.07. The van der Waals surface area contributed by atoms with Gasteiger partial charge in [0.25, 0.3) is 15.9 Å². The van der Waals surface area contributed by atoms with E-state index < -0.39 is 15.9 Å². The van der Waals surface area contributed by atoms with Gasteiger partial charge in [0, 0.05) is 33.1 Å². The van der Waals surface area contributed by atoms with Crippen molar-refractivity contribution in [3.05, 3.63) is 59.1 Å². The molecule has 3 rings (SSSR count). The number of amides is 2. The lowest BCUT2D eigenvalue weighted by molar-refractivity contribution is -0.127. The van der Waals surface area contributed by atoms with Gasteiger partial charge in [-0.05, 0) is 36.8 Å². The summed E-state index contributed by atoms with van der Waals surface area (Å²) in [4.78, 5) is 26.0. The van der Waals surface area contributed by atoms with Crippen LogP contribution in [-0.2, 0) is 14.8 Å². The summed E-state index contributed by atoms with van der Waals surface area (Å²) in [5.41, 5.74) is 0.491. The van der Waals surface area contributed by atoms with Gasteiger partial charge in [-0.15, -0.1) is 0 Å². The van der Waals surface area contributed by atoms with E-state index in [9.17, 15) is 18.0 Å². The van der Waals surface area contributed by atoms with Crippen molar-refractivity contribution in [2.75, 3.05) is 31.0 Å². The molecule has 1 aliphatic rings. The molecule has 7 nitrogen and oxygen atoms in total. The summed E-state index contributed by atoms with van der Waals surface area (Å²) in [5, 5.41) is 2.96. The number of sulfonamides is 1. The number of carbonyl (C=O) groups is 2. The Bertz CT molecular complexity index is 1010. The average molecular weight is 436 g/mol. The van der Waals surface area contributed by atoms with Crippen LogP contribution in [0.2, 0.25) is 5.02 Å². The summed E-state index contributed by atoms with van der Waals surface area (Å²) >= 11 is 6.16. The number of hydrogen-bond acceptors (Lipinski definition) is 4. The van der Waals surface area contributed by atoms with Crippen LogP contribution in [0.3, 0.4) is 0 Å². The first-order valence-electron chi connectivity index (χ1n) is 9.20. The van der Waals surface area contributed by atoms with E-state index in [4.69, 9.17) is 11.6 Å². The maximum atomic E-state index is 12.8. The van der Waals surface area contributed by atoms with Gasteiger partial charge in [0.15, 0.2) is 0 Å². The van der Waals surface area contributed by atoms with Gasteiger partial charge in [0.2, 0.25) is 5.91 Å². The molecule has 2 aromatic rings. The Morgan fingerprint density at radius 2 is 1.93 bits per heavy atom. The Balaban J connectivity index is 1.73. The van der Waals surface area contributed by atoms with Crippen LogP contribution in [0, 0.1) is 0 Å². The van der Waals surface area contributed by atoms with Crippen molar-refractivity contribution < 1.29 is 18.0 Å². The van der Waals surface area contributed by atoms with Gasteiger partial charge in [-0.25, -0.2) is 8.42 Å². The standard InChI is InChI=1S/C20H22ClN3O4S/c1-23(29(27,28)16-6-3-2-4-7-16)15-9-10-18(21)17(14-15)20(26)22-11-13-24-12-5-8-19(24)25/h2-4,6-7,9-10,14H,5,8,11-13H2,1H3,(H,22,26). The lowest BCUT2D eigenvalue weighted by Gasteiger charge is -2.21. The summed E-state index contributed by atoms with van der Waals surface area (Å²) in [6.07, 6.45) is 1.38.